The van der Waals surface area contributed by atoms with Crippen molar-refractivity contribution in [1.29, 1.82) is 0 Å². The molecule has 0 aliphatic heterocycles. The molecule has 6 radical (unpaired) electrons. The fourth-order valence-electron chi connectivity index (χ4n) is 3.46. The Bertz CT molecular complexity index is 1430. The molecule has 0 atom stereocenters. The number of benzene rings is 2. The third kappa shape index (κ3) is 7.46. The second-order valence-corrected chi connectivity index (χ2v) is 8.61. The monoisotopic (exact) mass is 535 g/mol. The maximum atomic E-state index is 13.8. The number of amides is 2. The number of aromatic nitrogens is 1. The molecule has 3 N–H and O–H groups in total. The summed E-state index contributed by atoms with van der Waals surface area (Å²) < 4.78 is 66.9. The minimum absolute atomic E-state index is 0.0456. The molecule has 0 spiro atoms. The Kier molecular flexibility index (Phi) is 7.53. The highest BCUT2D eigenvalue weighted by molar-refractivity contribution is 6.58. The molecule has 39 heavy (non-hydrogen) atoms. The van der Waals surface area contributed by atoms with E-state index in [1.807, 2.05) is 0 Å². The molecule has 0 unspecified atom stereocenters. The molecule has 3 aromatic rings. The van der Waals surface area contributed by atoms with Crippen LogP contribution < -0.4 is 25.3 Å². The molecule has 0 bridgehead atoms. The van der Waals surface area contributed by atoms with Crippen molar-refractivity contribution in [2.45, 2.75) is 30.4 Å². The quantitative estimate of drug-likeness (QED) is 0.320. The second-order valence-electron chi connectivity index (χ2n) is 8.61. The van der Waals surface area contributed by atoms with Crippen LogP contribution in [0, 0.1) is 5.82 Å². The van der Waals surface area contributed by atoms with Gasteiger partial charge in [-0.1, -0.05) is 0 Å². The lowest BCUT2D eigenvalue weighted by molar-refractivity contribution is -0.274. The second kappa shape index (κ2) is 10.5. The number of nitrogens with zero attached hydrogens (tertiary/aromatic N) is 1. The van der Waals surface area contributed by atoms with E-state index in [2.05, 4.69) is 15.0 Å². The molecular formula is C24H16B3F4N3O5. The van der Waals surface area contributed by atoms with Crippen LogP contribution in [0.4, 0.5) is 23.2 Å². The predicted molar refractivity (Wildman–Crippen MR) is 133 cm³/mol. The predicted octanol–water partition coefficient (Wildman–Crippen LogP) is 3.64. The maximum Gasteiger partial charge on any atom is 0.573 e. The molecule has 1 aliphatic rings. The van der Waals surface area contributed by atoms with Crippen LogP contribution in [0.3, 0.4) is 0 Å². The summed E-state index contributed by atoms with van der Waals surface area (Å²) in [5.74, 6) is -3.93. The van der Waals surface area contributed by atoms with Crippen molar-refractivity contribution in [2.75, 3.05) is 5.32 Å². The number of ether oxygens (including phenoxy) is 3. The van der Waals surface area contributed by atoms with Crippen molar-refractivity contribution >= 4 is 41.0 Å². The van der Waals surface area contributed by atoms with Gasteiger partial charge in [0.25, 0.3) is 11.8 Å². The summed E-state index contributed by atoms with van der Waals surface area (Å²) in [5, 5.41) is 0.177. The highest BCUT2D eigenvalue weighted by atomic mass is 19.4. The Morgan fingerprint density at radius 2 is 1.67 bits per heavy atom. The Morgan fingerprint density at radius 1 is 0.949 bits per heavy atom. The zero-order chi connectivity index (χ0) is 28.5. The normalized spacial score (nSPS) is 13.4. The van der Waals surface area contributed by atoms with Gasteiger partial charge in [0, 0.05) is 35.6 Å². The summed E-state index contributed by atoms with van der Waals surface area (Å²) in [7, 11) is 16.4. The molecule has 1 aliphatic carbocycles. The number of primary amides is 1. The Morgan fingerprint density at radius 3 is 2.28 bits per heavy atom. The van der Waals surface area contributed by atoms with Crippen LogP contribution in [0.15, 0.2) is 48.7 Å². The number of halogens is 4. The highest BCUT2D eigenvalue weighted by Gasteiger charge is 2.32. The first-order chi connectivity index (χ1) is 18.2. The fourth-order valence-corrected chi connectivity index (χ4v) is 3.46. The molecule has 1 fully saturated rings. The summed E-state index contributed by atoms with van der Waals surface area (Å²) >= 11 is 0. The number of alkyl halides is 3. The molecule has 4 rings (SSSR count). The van der Waals surface area contributed by atoms with Gasteiger partial charge in [0.2, 0.25) is 0 Å². The molecule has 15 heteroatoms. The molecule has 2 amide bonds. The van der Waals surface area contributed by atoms with Crippen LogP contribution in [0.5, 0.6) is 23.0 Å². The van der Waals surface area contributed by atoms with Crippen molar-refractivity contribution in [3.8, 4) is 23.0 Å². The van der Waals surface area contributed by atoms with E-state index in [4.69, 9.17) is 38.7 Å². The number of carbonyl (C=O) groups is 2. The molecule has 2 aromatic carbocycles. The maximum absolute atomic E-state index is 13.8. The molecule has 1 aromatic heterocycles. The number of nitrogens with one attached hydrogen (secondary N) is 1. The molecule has 1 heterocycles. The van der Waals surface area contributed by atoms with E-state index >= 15 is 0 Å². The minimum Gasteiger partial charge on any atom is -0.512 e. The highest BCUT2D eigenvalue weighted by Crippen LogP contribution is 2.43. The number of rotatable bonds is 9. The van der Waals surface area contributed by atoms with Crippen molar-refractivity contribution in [1.82, 2.24) is 4.98 Å². The van der Waals surface area contributed by atoms with E-state index in [9.17, 15) is 27.2 Å². The molecular weight excluding hydrogens is 519 g/mol. The largest absolute Gasteiger partial charge is 0.573 e. The van der Waals surface area contributed by atoms with Gasteiger partial charge in [0.1, 0.15) is 46.4 Å². The van der Waals surface area contributed by atoms with Gasteiger partial charge in [0.05, 0.1) is 5.56 Å². The van der Waals surface area contributed by atoms with E-state index in [0.717, 1.165) is 43.2 Å². The first-order valence-electron chi connectivity index (χ1n) is 11.2. The van der Waals surface area contributed by atoms with Gasteiger partial charge >= 0.3 is 6.36 Å². The summed E-state index contributed by atoms with van der Waals surface area (Å²) in [6.45, 7) is 0. The summed E-state index contributed by atoms with van der Waals surface area (Å²) in [5.41, 5.74) is 5.24. The topological polar surface area (TPSA) is 113 Å². The third-order valence-electron chi connectivity index (χ3n) is 5.27. The van der Waals surface area contributed by atoms with E-state index in [1.54, 1.807) is 0 Å². The van der Waals surface area contributed by atoms with Crippen molar-refractivity contribution in [2.24, 2.45) is 5.73 Å². The first kappa shape index (κ1) is 27.9. The van der Waals surface area contributed by atoms with Crippen molar-refractivity contribution < 1.29 is 41.4 Å². The van der Waals surface area contributed by atoms with E-state index < -0.39 is 46.4 Å². The van der Waals surface area contributed by atoms with Gasteiger partial charge in [-0.3, -0.25) is 14.6 Å². The number of anilines is 1. The van der Waals surface area contributed by atoms with Gasteiger partial charge in [-0.25, -0.2) is 4.39 Å². The SMILES string of the molecule is [B]C([B])([B])Oc1cc(OC(F)(F)F)ccc1Oc1cc(C2CC2)ncc1C(=O)Nc1ccc(F)c(C(N)=O)c1. The van der Waals surface area contributed by atoms with E-state index in [0.29, 0.717) is 5.69 Å². The van der Waals surface area contributed by atoms with Crippen LogP contribution in [0.1, 0.15) is 45.2 Å². The number of carbonyl (C=O) groups excluding carboxylic acids is 2. The van der Waals surface area contributed by atoms with E-state index in [1.165, 1.54) is 18.3 Å². The molecule has 8 nitrogen and oxygen atoms in total. The van der Waals surface area contributed by atoms with Crippen molar-refractivity contribution in [3.63, 3.8) is 0 Å². The number of nitrogens with two attached hydrogens (primary N) is 1. The average Bonchev–Trinajstić information content (AvgIpc) is 3.65. The third-order valence-corrected chi connectivity index (χ3v) is 5.27. The lowest BCUT2D eigenvalue weighted by Crippen LogP contribution is -2.37. The molecule has 1 saturated carbocycles. The standard InChI is InChI=1S/C24H16B3F4N3O5/c25-23(26,27)39-20-8-13(38-24(29,30)31)4-6-18(20)37-19-9-17(11-1-2-11)33-10-15(19)22(36)34-12-3-5-16(28)14(7-12)21(32)35/h3-11H,1-2H2,(H2,32,35)(H,34,36). The van der Waals surface area contributed by atoms with Crippen LogP contribution >= 0.6 is 0 Å². The van der Waals surface area contributed by atoms with E-state index in [-0.39, 0.29) is 28.7 Å². The number of pyridine rings is 1. The fraction of sp³-hybridized carbons (Fsp3) is 0.208. The van der Waals surface area contributed by atoms with Crippen LogP contribution in [0.2, 0.25) is 0 Å². The summed E-state index contributed by atoms with van der Waals surface area (Å²) in [4.78, 5) is 28.9. The van der Waals surface area contributed by atoms with Gasteiger partial charge in [-0.15, -0.1) is 13.2 Å². The first-order valence-corrected chi connectivity index (χ1v) is 11.2. The lowest BCUT2D eigenvalue weighted by atomic mass is 9.52. The van der Waals surface area contributed by atoms with Gasteiger partial charge in [-0.2, -0.15) is 0 Å². The van der Waals surface area contributed by atoms with Crippen LogP contribution in [-0.4, -0.2) is 52.0 Å². The Labute approximate surface area is 223 Å². The van der Waals surface area contributed by atoms with Crippen LogP contribution in [0.25, 0.3) is 0 Å². The van der Waals surface area contributed by atoms with Gasteiger partial charge in [-0.05, 0) is 48.5 Å². The lowest BCUT2D eigenvalue weighted by Gasteiger charge is -2.25. The summed E-state index contributed by atoms with van der Waals surface area (Å²) in [6, 6.07) is 7.51. The van der Waals surface area contributed by atoms with Gasteiger partial charge < -0.3 is 25.3 Å². The average molecular weight is 535 g/mol. The van der Waals surface area contributed by atoms with Crippen molar-refractivity contribution in [3.05, 3.63) is 71.3 Å². The minimum atomic E-state index is -5.00. The Hall–Kier alpha value is -4.16. The Balaban J connectivity index is 1.70. The van der Waals surface area contributed by atoms with Gasteiger partial charge in [0.15, 0.2) is 11.5 Å². The number of hydrogen-bond acceptors (Lipinski definition) is 6. The van der Waals surface area contributed by atoms with Crippen LogP contribution in [-0.2, 0) is 0 Å². The molecule has 194 valence electrons. The zero-order valence-electron chi connectivity index (χ0n) is 19.9. The number of hydrogen-bond donors (Lipinski definition) is 2. The molecule has 0 saturated heterocycles. The summed E-state index contributed by atoms with van der Waals surface area (Å²) in [6.07, 6.45) is -2.05. The smallest absolute Gasteiger partial charge is 0.512 e. The zero-order valence-corrected chi connectivity index (χ0v) is 19.9.